The first-order valence-corrected chi connectivity index (χ1v) is 16.1. The SMILES string of the molecule is CCOc1cc(F)c(Cn2nc(-c3ncc(C4CCN(C(=O)OC(C)(C)C)CC4)c(Nc4ccnc(C)c4)n3)c3ccccc32)c(F)c1. The fraction of sp³-hybridized carbons (Fsp3) is 0.361. The third-order valence-corrected chi connectivity index (χ3v) is 8.17. The first-order chi connectivity index (χ1) is 23.0. The number of rotatable bonds is 8. The fourth-order valence-corrected chi connectivity index (χ4v) is 5.91. The molecule has 2 aromatic carbocycles. The van der Waals surface area contributed by atoms with Crippen LogP contribution in [-0.4, -0.2) is 61.0 Å². The summed E-state index contributed by atoms with van der Waals surface area (Å²) in [5.74, 6) is -0.225. The van der Waals surface area contributed by atoms with Gasteiger partial charge in [-0.15, -0.1) is 0 Å². The van der Waals surface area contributed by atoms with Crippen molar-refractivity contribution in [1.29, 1.82) is 0 Å². The van der Waals surface area contributed by atoms with Gasteiger partial charge in [0.1, 0.15) is 34.5 Å². The van der Waals surface area contributed by atoms with Gasteiger partial charge in [-0.05, 0) is 71.6 Å². The van der Waals surface area contributed by atoms with Crippen LogP contribution in [0.1, 0.15) is 63.3 Å². The zero-order valence-corrected chi connectivity index (χ0v) is 27.8. The molecule has 5 aromatic rings. The number of nitrogens with one attached hydrogen (secondary N) is 1. The Morgan fingerprint density at radius 1 is 1.04 bits per heavy atom. The van der Waals surface area contributed by atoms with Crippen LogP contribution in [0.5, 0.6) is 5.75 Å². The van der Waals surface area contributed by atoms with Crippen LogP contribution in [0.25, 0.3) is 22.4 Å². The van der Waals surface area contributed by atoms with Crippen LogP contribution in [0.3, 0.4) is 0 Å². The van der Waals surface area contributed by atoms with Gasteiger partial charge >= 0.3 is 6.09 Å². The lowest BCUT2D eigenvalue weighted by atomic mass is 9.90. The van der Waals surface area contributed by atoms with Gasteiger partial charge in [0.2, 0.25) is 0 Å². The summed E-state index contributed by atoms with van der Waals surface area (Å²) in [6.45, 7) is 10.5. The van der Waals surface area contributed by atoms with Crippen molar-refractivity contribution < 1.29 is 23.0 Å². The second kappa shape index (κ2) is 13.5. The molecule has 10 nitrogen and oxygen atoms in total. The normalized spacial score (nSPS) is 13.9. The third-order valence-electron chi connectivity index (χ3n) is 8.17. The smallest absolute Gasteiger partial charge is 0.410 e. The summed E-state index contributed by atoms with van der Waals surface area (Å²) in [6.07, 6.45) is 4.65. The standard InChI is InChI=1S/C36H39F2N7O3/c1-6-47-25-18-29(37)28(30(38)19-25)21-45-31-10-8-7-9-26(31)32(43-45)34-40-20-27(33(42-34)41-24-11-14-39-22(2)17-24)23-12-15-44(16-13-23)35(46)48-36(3,4)5/h7-11,14,17-20,23H,6,12-13,15-16,21H2,1-5H3,(H,39,40,41,42). The number of piperidine rings is 1. The van der Waals surface area contributed by atoms with Crippen LogP contribution in [0.4, 0.5) is 25.1 Å². The van der Waals surface area contributed by atoms with Crippen LogP contribution >= 0.6 is 0 Å². The molecule has 1 fully saturated rings. The van der Waals surface area contributed by atoms with Gasteiger partial charge in [0.05, 0.1) is 18.7 Å². The van der Waals surface area contributed by atoms with E-state index < -0.39 is 17.2 Å². The van der Waals surface area contributed by atoms with Crippen molar-refractivity contribution in [3.8, 4) is 17.3 Å². The van der Waals surface area contributed by atoms with Crippen molar-refractivity contribution in [2.75, 3.05) is 25.0 Å². The largest absolute Gasteiger partial charge is 0.494 e. The monoisotopic (exact) mass is 655 g/mol. The number of carbonyl (C=O) groups is 1. The first-order valence-electron chi connectivity index (χ1n) is 16.1. The summed E-state index contributed by atoms with van der Waals surface area (Å²) in [7, 11) is 0. The summed E-state index contributed by atoms with van der Waals surface area (Å²) in [5.41, 5.74) is 3.06. The van der Waals surface area contributed by atoms with E-state index in [0.717, 1.165) is 22.3 Å². The number of anilines is 2. The topological polar surface area (TPSA) is 107 Å². The highest BCUT2D eigenvalue weighted by Crippen LogP contribution is 2.36. The Bertz CT molecular complexity index is 1930. The van der Waals surface area contributed by atoms with Gasteiger partial charge in [-0.25, -0.2) is 23.5 Å². The predicted octanol–water partition coefficient (Wildman–Crippen LogP) is 7.78. The van der Waals surface area contributed by atoms with Gasteiger partial charge in [0.15, 0.2) is 5.82 Å². The fourth-order valence-electron chi connectivity index (χ4n) is 5.91. The Hall–Kier alpha value is -5.13. The molecular weight excluding hydrogens is 616 g/mol. The number of halogens is 2. The van der Waals surface area contributed by atoms with Crippen molar-refractivity contribution in [3.63, 3.8) is 0 Å². The van der Waals surface area contributed by atoms with Crippen LogP contribution < -0.4 is 10.1 Å². The number of amides is 1. The van der Waals surface area contributed by atoms with E-state index in [9.17, 15) is 4.79 Å². The lowest BCUT2D eigenvalue weighted by molar-refractivity contribution is 0.0205. The molecule has 1 N–H and O–H groups in total. The summed E-state index contributed by atoms with van der Waals surface area (Å²) in [4.78, 5) is 28.5. The minimum Gasteiger partial charge on any atom is -0.494 e. The van der Waals surface area contributed by atoms with Crippen LogP contribution in [0.2, 0.25) is 0 Å². The van der Waals surface area contributed by atoms with Crippen LogP contribution in [-0.2, 0) is 11.3 Å². The van der Waals surface area contributed by atoms with Gasteiger partial charge in [-0.3, -0.25) is 9.67 Å². The summed E-state index contributed by atoms with van der Waals surface area (Å²) < 4.78 is 42.6. The molecule has 12 heteroatoms. The maximum Gasteiger partial charge on any atom is 0.410 e. The number of para-hydroxylation sites is 1. The molecule has 250 valence electrons. The second-order valence-electron chi connectivity index (χ2n) is 12.9. The average Bonchev–Trinajstić information content (AvgIpc) is 3.41. The van der Waals surface area contributed by atoms with Crippen molar-refractivity contribution in [2.24, 2.45) is 0 Å². The number of aryl methyl sites for hydroxylation is 1. The van der Waals surface area contributed by atoms with Gasteiger partial charge in [-0.1, -0.05) is 18.2 Å². The second-order valence-corrected chi connectivity index (χ2v) is 12.9. The molecule has 1 aliphatic rings. The summed E-state index contributed by atoms with van der Waals surface area (Å²) in [5, 5.41) is 9.00. The molecule has 0 atom stereocenters. The highest BCUT2D eigenvalue weighted by Gasteiger charge is 2.30. The molecule has 0 bridgehead atoms. The Morgan fingerprint density at radius 2 is 1.77 bits per heavy atom. The number of aromatic nitrogens is 5. The van der Waals surface area contributed by atoms with Crippen molar-refractivity contribution in [2.45, 2.75) is 65.5 Å². The lowest BCUT2D eigenvalue weighted by Crippen LogP contribution is -2.41. The Balaban J connectivity index is 1.35. The molecule has 0 aliphatic carbocycles. The molecule has 0 spiro atoms. The van der Waals surface area contributed by atoms with E-state index in [1.807, 2.05) is 70.3 Å². The number of hydrogen-bond acceptors (Lipinski definition) is 8. The lowest BCUT2D eigenvalue weighted by Gasteiger charge is -2.34. The van der Waals surface area contributed by atoms with Crippen molar-refractivity contribution in [3.05, 3.63) is 89.4 Å². The quantitative estimate of drug-likeness (QED) is 0.181. The zero-order valence-electron chi connectivity index (χ0n) is 27.8. The van der Waals surface area contributed by atoms with E-state index in [2.05, 4.69) is 10.3 Å². The van der Waals surface area contributed by atoms with E-state index in [0.29, 0.717) is 55.4 Å². The number of carbonyl (C=O) groups excluding carboxylic acids is 1. The van der Waals surface area contributed by atoms with E-state index in [1.54, 1.807) is 22.7 Å². The molecule has 1 aliphatic heterocycles. The van der Waals surface area contributed by atoms with Gasteiger partial charge in [0.25, 0.3) is 0 Å². The number of nitrogens with zero attached hydrogens (tertiary/aromatic N) is 6. The zero-order chi connectivity index (χ0) is 34.0. The number of ether oxygens (including phenoxy) is 2. The average molecular weight is 656 g/mol. The molecule has 4 heterocycles. The summed E-state index contributed by atoms with van der Waals surface area (Å²) >= 11 is 0. The maximum atomic E-state index is 15.1. The minimum atomic E-state index is -0.711. The van der Waals surface area contributed by atoms with Gasteiger partial charge in [0, 0.05) is 65.5 Å². The number of fused-ring (bicyclic) bond motifs is 1. The molecule has 0 saturated carbocycles. The highest BCUT2D eigenvalue weighted by molar-refractivity contribution is 5.92. The number of likely N-dealkylation sites (tertiary alicyclic amines) is 1. The molecule has 3 aromatic heterocycles. The molecule has 0 unspecified atom stereocenters. The van der Waals surface area contributed by atoms with Crippen LogP contribution in [0, 0.1) is 18.6 Å². The molecule has 1 amide bonds. The number of pyridine rings is 1. The highest BCUT2D eigenvalue weighted by atomic mass is 19.1. The Labute approximate surface area is 278 Å². The number of hydrogen-bond donors (Lipinski definition) is 1. The summed E-state index contributed by atoms with van der Waals surface area (Å²) in [6, 6.07) is 13.6. The Morgan fingerprint density at radius 3 is 2.46 bits per heavy atom. The van der Waals surface area contributed by atoms with Crippen molar-refractivity contribution in [1.82, 2.24) is 29.6 Å². The number of benzene rings is 2. The molecule has 48 heavy (non-hydrogen) atoms. The van der Waals surface area contributed by atoms with E-state index in [1.165, 1.54) is 12.1 Å². The molecule has 1 saturated heterocycles. The van der Waals surface area contributed by atoms with E-state index >= 15 is 8.78 Å². The minimum absolute atomic E-state index is 0.0862. The maximum absolute atomic E-state index is 15.1. The van der Waals surface area contributed by atoms with E-state index in [4.69, 9.17) is 24.5 Å². The predicted molar refractivity (Wildman–Crippen MR) is 179 cm³/mol. The molecular formula is C36H39F2N7O3. The Kier molecular flexibility index (Phi) is 9.25. The van der Waals surface area contributed by atoms with E-state index in [-0.39, 0.29) is 29.9 Å². The van der Waals surface area contributed by atoms with Crippen LogP contribution in [0.15, 0.2) is 60.9 Å². The van der Waals surface area contributed by atoms with Gasteiger partial charge < -0.3 is 19.7 Å². The molecule has 0 radical (unpaired) electrons. The third kappa shape index (κ3) is 7.22. The van der Waals surface area contributed by atoms with Crippen molar-refractivity contribution >= 4 is 28.5 Å². The van der Waals surface area contributed by atoms with Gasteiger partial charge in [-0.2, -0.15) is 5.10 Å². The molecule has 6 rings (SSSR count). The first kappa shape index (κ1) is 32.8.